The molecule has 1 aromatic heterocycles. The van der Waals surface area contributed by atoms with E-state index in [1.165, 1.54) is 6.07 Å². The molecule has 0 radical (unpaired) electrons. The normalized spacial score (nSPS) is 10.4. The van der Waals surface area contributed by atoms with Gasteiger partial charge in [-0.05, 0) is 31.5 Å². The van der Waals surface area contributed by atoms with Gasteiger partial charge in [0.1, 0.15) is 23.3 Å². The second-order valence-electron chi connectivity index (χ2n) is 4.67. The highest BCUT2D eigenvalue weighted by Crippen LogP contribution is 2.25. The molecule has 1 aromatic carbocycles. The molecule has 0 bridgehead atoms. The number of nitrogens with zero attached hydrogens (tertiary/aromatic N) is 2. The fourth-order valence-corrected chi connectivity index (χ4v) is 1.95. The van der Waals surface area contributed by atoms with E-state index in [1.807, 2.05) is 27.8 Å². The van der Waals surface area contributed by atoms with Crippen molar-refractivity contribution in [1.82, 2.24) is 9.97 Å². The lowest BCUT2D eigenvalue weighted by Gasteiger charge is -2.14. The Morgan fingerprint density at radius 3 is 2.50 bits per heavy atom. The molecule has 20 heavy (non-hydrogen) atoms. The quantitative estimate of drug-likeness (QED) is 0.894. The van der Waals surface area contributed by atoms with Crippen LogP contribution in [0.3, 0.4) is 0 Å². The van der Waals surface area contributed by atoms with Gasteiger partial charge < -0.3 is 10.6 Å². The van der Waals surface area contributed by atoms with Crippen molar-refractivity contribution in [2.45, 2.75) is 27.2 Å². The average molecular weight is 274 g/mol. The molecule has 5 heteroatoms. The van der Waals surface area contributed by atoms with Gasteiger partial charge in [-0.1, -0.05) is 13.0 Å². The van der Waals surface area contributed by atoms with Gasteiger partial charge in [0, 0.05) is 19.0 Å². The third-order valence-electron chi connectivity index (χ3n) is 3.12. The van der Waals surface area contributed by atoms with E-state index >= 15 is 0 Å². The molecule has 2 N–H and O–H groups in total. The third kappa shape index (κ3) is 2.87. The minimum absolute atomic E-state index is 0.294. The van der Waals surface area contributed by atoms with Gasteiger partial charge in [-0.2, -0.15) is 0 Å². The molecule has 106 valence electrons. The van der Waals surface area contributed by atoms with Crippen LogP contribution in [-0.2, 0) is 6.42 Å². The van der Waals surface area contributed by atoms with Gasteiger partial charge in [-0.25, -0.2) is 14.4 Å². The van der Waals surface area contributed by atoms with Crippen molar-refractivity contribution < 1.29 is 4.39 Å². The summed E-state index contributed by atoms with van der Waals surface area (Å²) in [7, 11) is 1.81. The number of rotatable bonds is 4. The number of hydrogen-bond acceptors (Lipinski definition) is 4. The molecule has 0 aliphatic rings. The summed E-state index contributed by atoms with van der Waals surface area (Å²) in [5.41, 5.74) is 2.28. The molecular formula is C15H19FN4. The van der Waals surface area contributed by atoms with E-state index < -0.39 is 0 Å². The zero-order chi connectivity index (χ0) is 14.7. The molecule has 0 saturated carbocycles. The summed E-state index contributed by atoms with van der Waals surface area (Å²) < 4.78 is 13.8. The van der Waals surface area contributed by atoms with E-state index in [1.54, 1.807) is 12.1 Å². The van der Waals surface area contributed by atoms with Crippen molar-refractivity contribution in [3.63, 3.8) is 0 Å². The van der Waals surface area contributed by atoms with Gasteiger partial charge >= 0.3 is 0 Å². The molecule has 0 saturated heterocycles. The minimum atomic E-state index is -0.294. The number of aryl methyl sites for hydroxylation is 2. The Kier molecular flexibility index (Phi) is 4.17. The summed E-state index contributed by atoms with van der Waals surface area (Å²) in [5, 5.41) is 6.10. The summed E-state index contributed by atoms with van der Waals surface area (Å²) in [5.74, 6) is 1.81. The number of anilines is 3. The highest BCUT2D eigenvalue weighted by Gasteiger charge is 2.11. The zero-order valence-corrected chi connectivity index (χ0v) is 12.2. The maximum Gasteiger partial charge on any atom is 0.146 e. The number of benzene rings is 1. The molecule has 4 nitrogen and oxygen atoms in total. The van der Waals surface area contributed by atoms with Crippen molar-refractivity contribution in [3.8, 4) is 0 Å². The second kappa shape index (κ2) is 5.86. The first-order valence-electron chi connectivity index (χ1n) is 6.63. The van der Waals surface area contributed by atoms with Gasteiger partial charge in [0.15, 0.2) is 0 Å². The molecule has 2 rings (SSSR count). The number of nitrogens with one attached hydrogen (secondary N) is 2. The van der Waals surface area contributed by atoms with E-state index in [2.05, 4.69) is 20.6 Å². The van der Waals surface area contributed by atoms with Gasteiger partial charge in [0.05, 0.1) is 5.69 Å². The minimum Gasteiger partial charge on any atom is -0.373 e. The van der Waals surface area contributed by atoms with Gasteiger partial charge in [0.2, 0.25) is 0 Å². The smallest absolute Gasteiger partial charge is 0.146 e. The summed E-state index contributed by atoms with van der Waals surface area (Å²) in [6, 6.07) is 4.96. The topological polar surface area (TPSA) is 49.8 Å². The van der Waals surface area contributed by atoms with Crippen molar-refractivity contribution in [1.29, 1.82) is 0 Å². The second-order valence-corrected chi connectivity index (χ2v) is 4.67. The molecular weight excluding hydrogens is 255 g/mol. The van der Waals surface area contributed by atoms with Gasteiger partial charge in [-0.15, -0.1) is 0 Å². The number of hydrogen-bond donors (Lipinski definition) is 2. The molecule has 0 spiro atoms. The largest absolute Gasteiger partial charge is 0.373 e. The first-order valence-corrected chi connectivity index (χ1v) is 6.63. The highest BCUT2D eigenvalue weighted by atomic mass is 19.1. The van der Waals surface area contributed by atoms with E-state index in [0.717, 1.165) is 29.2 Å². The Hall–Kier alpha value is -2.17. The van der Waals surface area contributed by atoms with Crippen LogP contribution in [-0.4, -0.2) is 17.0 Å². The highest BCUT2D eigenvalue weighted by molar-refractivity contribution is 5.65. The Bertz CT molecular complexity index is 626. The summed E-state index contributed by atoms with van der Waals surface area (Å²) in [4.78, 5) is 8.83. The summed E-state index contributed by atoms with van der Waals surface area (Å²) in [6.45, 7) is 5.82. The Labute approximate surface area is 118 Å². The lowest BCUT2D eigenvalue weighted by atomic mass is 10.2. The van der Waals surface area contributed by atoms with Gasteiger partial charge in [-0.3, -0.25) is 0 Å². The Morgan fingerprint density at radius 1 is 1.15 bits per heavy atom. The van der Waals surface area contributed by atoms with Crippen LogP contribution in [0.2, 0.25) is 0 Å². The van der Waals surface area contributed by atoms with Gasteiger partial charge in [0.25, 0.3) is 0 Å². The van der Waals surface area contributed by atoms with Crippen LogP contribution in [0.4, 0.5) is 21.7 Å². The van der Waals surface area contributed by atoms with Crippen molar-refractivity contribution in [2.75, 3.05) is 17.7 Å². The van der Waals surface area contributed by atoms with Crippen LogP contribution < -0.4 is 10.6 Å². The van der Waals surface area contributed by atoms with E-state index in [4.69, 9.17) is 0 Å². The number of halogens is 1. The molecule has 0 aliphatic carbocycles. The van der Waals surface area contributed by atoms with Crippen LogP contribution in [0.25, 0.3) is 0 Å². The van der Waals surface area contributed by atoms with Crippen LogP contribution >= 0.6 is 0 Å². The summed E-state index contributed by atoms with van der Waals surface area (Å²) in [6.07, 6.45) is 0.722. The molecule has 1 heterocycles. The fraction of sp³-hybridized carbons (Fsp3) is 0.333. The Morgan fingerprint density at radius 2 is 1.85 bits per heavy atom. The van der Waals surface area contributed by atoms with Crippen LogP contribution in [0.15, 0.2) is 18.2 Å². The maximum atomic E-state index is 13.8. The standard InChI is InChI=1S/C15H19FN4/c1-5-13-19-14(17-4)10(3)15(20-13)18-12-8-9(2)6-7-11(12)16/h6-8H,5H2,1-4H3,(H2,17,18,19,20). The Balaban J connectivity index is 2.44. The predicted molar refractivity (Wildman–Crippen MR) is 80.1 cm³/mol. The maximum absolute atomic E-state index is 13.8. The molecule has 0 amide bonds. The van der Waals surface area contributed by atoms with Crippen LogP contribution in [0, 0.1) is 19.7 Å². The monoisotopic (exact) mass is 274 g/mol. The molecule has 0 unspecified atom stereocenters. The average Bonchev–Trinajstić information content (AvgIpc) is 2.45. The van der Waals surface area contributed by atoms with Crippen molar-refractivity contribution in [3.05, 3.63) is 41.0 Å². The van der Waals surface area contributed by atoms with Crippen molar-refractivity contribution >= 4 is 17.3 Å². The lowest BCUT2D eigenvalue weighted by Crippen LogP contribution is -2.07. The van der Waals surface area contributed by atoms with Crippen LogP contribution in [0.5, 0.6) is 0 Å². The van der Waals surface area contributed by atoms with E-state index in [0.29, 0.717) is 11.5 Å². The zero-order valence-electron chi connectivity index (χ0n) is 12.2. The first kappa shape index (κ1) is 14.2. The van der Waals surface area contributed by atoms with Crippen LogP contribution in [0.1, 0.15) is 23.9 Å². The van der Waals surface area contributed by atoms with Crippen molar-refractivity contribution in [2.24, 2.45) is 0 Å². The molecule has 0 aliphatic heterocycles. The molecule has 2 aromatic rings. The number of aromatic nitrogens is 2. The SMILES string of the molecule is CCc1nc(NC)c(C)c(Nc2cc(C)ccc2F)n1. The lowest BCUT2D eigenvalue weighted by molar-refractivity contribution is 0.631. The first-order chi connectivity index (χ1) is 9.55. The summed E-state index contributed by atoms with van der Waals surface area (Å²) >= 11 is 0. The van der Waals surface area contributed by atoms with E-state index in [9.17, 15) is 4.39 Å². The third-order valence-corrected chi connectivity index (χ3v) is 3.12. The molecule has 0 atom stereocenters. The fourth-order valence-electron chi connectivity index (χ4n) is 1.95. The van der Waals surface area contributed by atoms with E-state index in [-0.39, 0.29) is 5.82 Å². The predicted octanol–water partition coefficient (Wildman–Crippen LogP) is 3.58. The molecule has 0 fully saturated rings.